The number of hydrogen-bond donors (Lipinski definition) is 0. The van der Waals surface area contributed by atoms with Crippen LogP contribution in [0.25, 0.3) is 0 Å². The lowest BCUT2D eigenvalue weighted by Gasteiger charge is -1.33. The van der Waals surface area contributed by atoms with E-state index >= 15 is 0 Å². The molecule has 0 spiro atoms. The maximum absolute atomic E-state index is 2.33. The van der Waals surface area contributed by atoms with Gasteiger partial charge in [0.05, 0.1) is 0 Å². The van der Waals surface area contributed by atoms with Crippen LogP contribution < -0.4 is 0 Å². The summed E-state index contributed by atoms with van der Waals surface area (Å²) in [4.78, 5) is 0. The lowest BCUT2D eigenvalue weighted by Crippen LogP contribution is -1.68. The predicted octanol–water partition coefficient (Wildman–Crippen LogP) is -2.16. The molecule has 0 nitrogen and oxygen atoms in total. The molecule has 22 valence electrons. The molecule has 0 aliphatic heterocycles. The van der Waals surface area contributed by atoms with Gasteiger partial charge in [0.1, 0.15) is 0 Å². The summed E-state index contributed by atoms with van der Waals surface area (Å²) in [6, 6.07) is 0. The first-order valence-electron chi connectivity index (χ1n) is 1.41. The van der Waals surface area contributed by atoms with Gasteiger partial charge in [0.2, 0.25) is 0 Å². The van der Waals surface area contributed by atoms with E-state index in [-0.39, 0.29) is 17.4 Å². The molecule has 0 aromatic heterocycles. The molecule has 0 N–H and O–H groups in total. The van der Waals surface area contributed by atoms with Crippen LogP contribution in [-0.4, -0.2) is 44.8 Å². The monoisotopic (exact) mass is 100 g/mol. The third-order valence-corrected chi connectivity index (χ3v) is 0. The van der Waals surface area contributed by atoms with E-state index in [4.69, 9.17) is 0 Å². The smallest absolute Gasteiger partial charge is 0.161 e. The fourth-order valence-corrected chi connectivity index (χ4v) is 0. The van der Waals surface area contributed by atoms with E-state index in [2.05, 4.69) is 5.05 Å². The van der Waals surface area contributed by atoms with Crippen LogP contribution in [0.2, 0.25) is 5.05 Å². The summed E-state index contributed by atoms with van der Waals surface area (Å²) in [5.74, 6) is 0. The van der Waals surface area contributed by atoms with Crippen LogP contribution >= 0.6 is 0 Å². The van der Waals surface area contributed by atoms with Crippen molar-refractivity contribution in [3.8, 4) is 0 Å². The fraction of sp³-hybridized carbons (Fsp3) is 1.00. The zero-order chi connectivity index (χ0) is 2.71. The molecule has 0 saturated carbocycles. The van der Waals surface area contributed by atoms with Gasteiger partial charge in [-0.05, 0) is 0 Å². The first kappa shape index (κ1) is 9.10. The molecule has 0 aliphatic rings. The highest BCUT2D eigenvalue weighted by atomic mass is 28.3. The zero-order valence-electron chi connectivity index (χ0n) is 2.71. The van der Waals surface area contributed by atoms with Crippen molar-refractivity contribution in [1.29, 1.82) is 0 Å². The van der Waals surface area contributed by atoms with Crippen molar-refractivity contribution in [2.75, 3.05) is 0 Å². The molecule has 0 saturated heterocycles. The molecule has 0 bridgehead atoms. The second kappa shape index (κ2) is 8.82. The summed E-state index contributed by atoms with van der Waals surface area (Å²) < 4.78 is 0. The minimum Gasteiger partial charge on any atom is -0.161 e. The lowest BCUT2D eigenvalue weighted by atomic mass is 11.9. The van der Waals surface area contributed by atoms with E-state index < -0.39 is 0 Å². The Balaban J connectivity index is 0. The summed E-state index contributed by atoms with van der Waals surface area (Å²) in [6.07, 6.45) is 0. The highest BCUT2D eigenvalue weighted by Crippen LogP contribution is 1.23. The van der Waals surface area contributed by atoms with E-state index in [1.54, 1.807) is 0 Å². The molecule has 0 heterocycles. The topological polar surface area (TPSA) is 0 Å². The van der Waals surface area contributed by atoms with Crippen molar-refractivity contribution in [2.24, 2.45) is 0 Å². The Morgan fingerprint density at radius 3 is 1.75 bits per heavy atom. The van der Waals surface area contributed by atoms with Crippen molar-refractivity contribution < 1.29 is 0 Å². The highest BCUT2D eigenvalue weighted by molar-refractivity contribution is 6.88. The van der Waals surface area contributed by atoms with Gasteiger partial charge in [-0.15, -0.1) is 7.89 Å². The van der Waals surface area contributed by atoms with Gasteiger partial charge in [0.25, 0.3) is 0 Å². The molecule has 4 heavy (non-hydrogen) atoms. The van der Waals surface area contributed by atoms with Gasteiger partial charge in [-0.1, -0.05) is 0 Å². The van der Waals surface area contributed by atoms with Crippen molar-refractivity contribution in [1.82, 2.24) is 0 Å². The highest BCUT2D eigenvalue weighted by Gasteiger charge is 1.54. The molecule has 0 radical (unpaired) electrons. The van der Waals surface area contributed by atoms with Crippen LogP contribution in [0.4, 0.5) is 0 Å². The van der Waals surface area contributed by atoms with Crippen LogP contribution in [-0.2, 0) is 0 Å². The normalized spacial score (nSPS) is 3.25. The molecule has 0 aromatic carbocycles. The summed E-state index contributed by atoms with van der Waals surface area (Å²) in [5.41, 5.74) is 0. The average Bonchev–Trinajstić information content (AvgIpc) is 0.918. The Hall–Kier alpha value is 1.52. The molecule has 0 aliphatic carbocycles. The van der Waals surface area contributed by atoms with Crippen molar-refractivity contribution in [2.45, 2.75) is 5.05 Å². The molecule has 3 heteroatoms. The molecule has 0 fully saturated rings. The first-order valence-corrected chi connectivity index (χ1v) is 8.49. The molecule has 0 atom stereocenters. The fourth-order valence-electron chi connectivity index (χ4n) is 0. The summed E-state index contributed by atoms with van der Waals surface area (Å²) in [6.45, 7) is 0. The minimum absolute atomic E-state index is 0. The standard InChI is InChI=1S/CH3.Al.Mg.H3Si.3H/h1H3;;;1H3;;;. The Bertz CT molecular complexity index is 8.00. The van der Waals surface area contributed by atoms with Crippen molar-refractivity contribution in [3.05, 3.63) is 0 Å². The molecular formula is CH9AlMgSi. The van der Waals surface area contributed by atoms with Crippen LogP contribution in [0.5, 0.6) is 0 Å². The molecule has 0 rings (SSSR count). The maximum Gasteiger partial charge on any atom is 0.345 e. The number of hydrogen-bond acceptors (Lipinski definition) is 0. The van der Waals surface area contributed by atoms with Crippen molar-refractivity contribution in [3.63, 3.8) is 0 Å². The molecular weight excluding hydrogens is 91.4 g/mol. The summed E-state index contributed by atoms with van der Waals surface area (Å²) in [5, 5.41) is 2.33. The summed E-state index contributed by atoms with van der Waals surface area (Å²) in [7, 11) is 1.51. The van der Waals surface area contributed by atoms with Gasteiger partial charge in [-0.2, -0.15) is 5.05 Å². The predicted molar refractivity (Wildman–Crippen MR) is 31.5 cm³/mol. The van der Waals surface area contributed by atoms with E-state index in [1.807, 2.05) is 0 Å². The van der Waals surface area contributed by atoms with Gasteiger partial charge in [-0.3, -0.25) is 0 Å². The Morgan fingerprint density at radius 1 is 1.75 bits per heavy atom. The average molecular weight is 100 g/mol. The molecule has 0 amide bonds. The number of rotatable bonds is 0. The van der Waals surface area contributed by atoms with Gasteiger partial charge in [-0.25, -0.2) is 0 Å². The van der Waals surface area contributed by atoms with Crippen LogP contribution in [0, 0.1) is 0 Å². The maximum atomic E-state index is 2.33. The lowest BCUT2D eigenvalue weighted by molar-refractivity contribution is 2.37. The Kier molecular flexibility index (Phi) is 20.1. The van der Waals surface area contributed by atoms with Gasteiger partial charge in [0.15, 0.2) is 17.4 Å². The zero-order valence-corrected chi connectivity index (χ0v) is 6.12. The van der Waals surface area contributed by atoms with E-state index in [0.29, 0.717) is 19.6 Å². The SMILES string of the molecule is [AlH3].[CH3][Mg][SiH3]. The largest absolute Gasteiger partial charge is 0.345 e. The Morgan fingerprint density at radius 2 is 1.75 bits per heavy atom. The third kappa shape index (κ3) is 9.69. The quantitative estimate of drug-likeness (QED) is 0.304. The minimum atomic E-state index is 0. The van der Waals surface area contributed by atoms with Crippen LogP contribution in [0.1, 0.15) is 0 Å². The second-order valence-electron chi connectivity index (χ2n) is 0.707. The summed E-state index contributed by atoms with van der Waals surface area (Å²) >= 11 is 0.556. The molecule has 0 unspecified atom stereocenters. The Labute approximate surface area is 49.7 Å². The van der Waals surface area contributed by atoms with Gasteiger partial charge >= 0.3 is 19.6 Å². The van der Waals surface area contributed by atoms with E-state index in [0.717, 1.165) is 0 Å². The van der Waals surface area contributed by atoms with Crippen LogP contribution in [0.3, 0.4) is 0 Å². The van der Waals surface area contributed by atoms with Gasteiger partial charge < -0.3 is 0 Å². The first-order chi connectivity index (χ1) is 1.41. The van der Waals surface area contributed by atoms with Gasteiger partial charge in [0, 0.05) is 0 Å². The van der Waals surface area contributed by atoms with E-state index in [9.17, 15) is 0 Å². The molecule has 0 aromatic rings. The third-order valence-electron chi connectivity index (χ3n) is 0. The second-order valence-corrected chi connectivity index (χ2v) is 6.36. The van der Waals surface area contributed by atoms with E-state index in [1.165, 1.54) is 7.89 Å². The van der Waals surface area contributed by atoms with Crippen LogP contribution in [0.15, 0.2) is 0 Å². The van der Waals surface area contributed by atoms with Crippen molar-refractivity contribution >= 4 is 44.8 Å².